The lowest BCUT2D eigenvalue weighted by molar-refractivity contribution is -0.143. The van der Waals surface area contributed by atoms with Gasteiger partial charge in [0, 0.05) is 6.61 Å². The summed E-state index contributed by atoms with van der Waals surface area (Å²) in [6.45, 7) is 4.88. The van der Waals surface area contributed by atoms with Gasteiger partial charge in [0.2, 0.25) is 0 Å². The van der Waals surface area contributed by atoms with Crippen LogP contribution in [0.25, 0.3) is 0 Å². The van der Waals surface area contributed by atoms with E-state index in [0.717, 1.165) is 37.5 Å². The second-order valence-electron chi connectivity index (χ2n) is 7.70. The van der Waals surface area contributed by atoms with Crippen LogP contribution in [0.1, 0.15) is 90.9 Å². The van der Waals surface area contributed by atoms with Gasteiger partial charge in [0.15, 0.2) is 0 Å². The Morgan fingerprint density at radius 1 is 0.783 bits per heavy atom. The van der Waals surface area contributed by atoms with Crippen LogP contribution in [0.4, 0.5) is 0 Å². The number of carboxylic acid groups (broad SMARTS) is 1. The third kappa shape index (κ3) is 8.19. The maximum atomic E-state index is 10.6. The summed E-state index contributed by atoms with van der Waals surface area (Å²) >= 11 is 0. The molecule has 2 saturated carbocycles. The quantitative estimate of drug-likeness (QED) is 0.699. The summed E-state index contributed by atoms with van der Waals surface area (Å²) in [6.07, 6.45) is 14.6. The Bertz CT molecular complexity index is 300. The Kier molecular flexibility index (Phi) is 10.6. The minimum Gasteiger partial charge on any atom is -0.481 e. The maximum absolute atomic E-state index is 10.6. The molecule has 2 fully saturated rings. The smallest absolute Gasteiger partial charge is 0.306 e. The van der Waals surface area contributed by atoms with Crippen LogP contribution in [0, 0.1) is 23.7 Å². The third-order valence-electron chi connectivity index (χ3n) is 5.81. The van der Waals surface area contributed by atoms with Crippen LogP contribution in [0.15, 0.2) is 0 Å². The van der Waals surface area contributed by atoms with Gasteiger partial charge in [-0.05, 0) is 56.3 Å². The maximum Gasteiger partial charge on any atom is 0.306 e. The molecule has 0 spiro atoms. The second-order valence-corrected chi connectivity index (χ2v) is 7.70. The van der Waals surface area contributed by atoms with Crippen LogP contribution in [0.2, 0.25) is 0 Å². The summed E-state index contributed by atoms with van der Waals surface area (Å²) in [5.41, 5.74) is 0. The molecular weight excluding hydrogens is 288 g/mol. The highest BCUT2D eigenvalue weighted by molar-refractivity contribution is 5.69. The van der Waals surface area contributed by atoms with E-state index in [0.29, 0.717) is 12.5 Å². The molecule has 136 valence electrons. The predicted octanol–water partition coefficient (Wildman–Crippen LogP) is 5.26. The molecule has 0 saturated heterocycles. The molecule has 0 bridgehead atoms. The number of aliphatic hydroxyl groups is 1. The summed E-state index contributed by atoms with van der Waals surface area (Å²) in [6, 6.07) is 0. The number of hydrogen-bond donors (Lipinski definition) is 2. The summed E-state index contributed by atoms with van der Waals surface area (Å²) in [4.78, 5) is 10.6. The van der Waals surface area contributed by atoms with Crippen molar-refractivity contribution in [3.8, 4) is 0 Å². The van der Waals surface area contributed by atoms with Crippen LogP contribution < -0.4 is 0 Å². The van der Waals surface area contributed by atoms with Gasteiger partial charge in [-0.3, -0.25) is 4.79 Å². The van der Waals surface area contributed by atoms with Crippen molar-refractivity contribution in [1.82, 2.24) is 0 Å². The fourth-order valence-electron chi connectivity index (χ4n) is 4.22. The number of aliphatic carboxylic acids is 1. The molecule has 0 aromatic carbocycles. The molecule has 0 unspecified atom stereocenters. The van der Waals surface area contributed by atoms with Crippen LogP contribution in [-0.4, -0.2) is 22.8 Å². The first-order chi connectivity index (χ1) is 11.1. The summed E-state index contributed by atoms with van der Waals surface area (Å²) in [5.74, 6) is 1.78. The number of aliphatic hydroxyl groups excluding tert-OH is 1. The molecule has 0 heterocycles. The molecular formula is C20H38O3. The first-order valence-corrected chi connectivity index (χ1v) is 9.94. The van der Waals surface area contributed by atoms with Gasteiger partial charge in [0.1, 0.15) is 0 Å². The van der Waals surface area contributed by atoms with Gasteiger partial charge in [0.05, 0.1) is 5.92 Å². The van der Waals surface area contributed by atoms with Crippen LogP contribution >= 0.6 is 0 Å². The van der Waals surface area contributed by atoms with Crippen molar-refractivity contribution < 1.29 is 15.0 Å². The predicted molar refractivity (Wildman–Crippen MR) is 95.4 cm³/mol. The number of hydrogen-bond acceptors (Lipinski definition) is 2. The van der Waals surface area contributed by atoms with E-state index in [2.05, 4.69) is 13.8 Å². The summed E-state index contributed by atoms with van der Waals surface area (Å²) in [5, 5.41) is 17.7. The van der Waals surface area contributed by atoms with Crippen molar-refractivity contribution in [1.29, 1.82) is 0 Å². The normalized spacial score (nSPS) is 31.1. The highest BCUT2D eigenvalue weighted by Gasteiger charge is 2.25. The number of carboxylic acids is 1. The van der Waals surface area contributed by atoms with Gasteiger partial charge in [-0.25, -0.2) is 0 Å². The minimum absolute atomic E-state index is 0.0434. The van der Waals surface area contributed by atoms with Gasteiger partial charge in [-0.1, -0.05) is 52.4 Å². The molecule has 0 aromatic rings. The number of carbonyl (C=O) groups is 1. The topological polar surface area (TPSA) is 57.5 Å². The Morgan fingerprint density at radius 3 is 1.52 bits per heavy atom. The van der Waals surface area contributed by atoms with Crippen LogP contribution in [0.5, 0.6) is 0 Å². The fourth-order valence-corrected chi connectivity index (χ4v) is 4.22. The minimum atomic E-state index is -0.593. The van der Waals surface area contributed by atoms with Crippen LogP contribution in [0.3, 0.4) is 0 Å². The lowest BCUT2D eigenvalue weighted by Gasteiger charge is -2.26. The molecule has 2 rings (SSSR count). The van der Waals surface area contributed by atoms with E-state index in [1.54, 1.807) is 0 Å². The van der Waals surface area contributed by atoms with Gasteiger partial charge in [-0.2, -0.15) is 0 Å². The van der Waals surface area contributed by atoms with Crippen molar-refractivity contribution in [3.63, 3.8) is 0 Å². The van der Waals surface area contributed by atoms with Crippen molar-refractivity contribution in [2.24, 2.45) is 23.7 Å². The average Bonchev–Trinajstić information content (AvgIpc) is 2.57. The highest BCUT2D eigenvalue weighted by atomic mass is 16.4. The first kappa shape index (κ1) is 20.5. The number of rotatable bonds is 6. The molecule has 2 aliphatic rings. The van der Waals surface area contributed by atoms with E-state index < -0.39 is 5.97 Å². The monoisotopic (exact) mass is 326 g/mol. The van der Waals surface area contributed by atoms with Crippen molar-refractivity contribution in [3.05, 3.63) is 0 Å². The Morgan fingerprint density at radius 2 is 1.17 bits per heavy atom. The van der Waals surface area contributed by atoms with Gasteiger partial charge < -0.3 is 10.2 Å². The second kappa shape index (κ2) is 11.9. The standard InChI is InChI=1S/C10H18O2.C10H20O/c1-2-3-8-4-6-9(7-5-8)10(11)12;1-2-3-9-4-6-10(8-11)7-5-9/h8-9H,2-7H2,1H3,(H,11,12);9-11H,2-8H2,1H3. The van der Waals surface area contributed by atoms with E-state index in [1.807, 2.05) is 0 Å². The molecule has 2 N–H and O–H groups in total. The summed E-state index contributed by atoms with van der Waals surface area (Å²) < 4.78 is 0. The molecule has 23 heavy (non-hydrogen) atoms. The zero-order chi connectivity index (χ0) is 17.1. The zero-order valence-corrected chi connectivity index (χ0v) is 15.3. The third-order valence-corrected chi connectivity index (χ3v) is 5.81. The first-order valence-electron chi connectivity index (χ1n) is 9.94. The van der Waals surface area contributed by atoms with Gasteiger partial charge in [0.25, 0.3) is 0 Å². The van der Waals surface area contributed by atoms with E-state index in [1.165, 1.54) is 51.4 Å². The van der Waals surface area contributed by atoms with Crippen molar-refractivity contribution in [2.75, 3.05) is 6.61 Å². The van der Waals surface area contributed by atoms with Gasteiger partial charge in [-0.15, -0.1) is 0 Å². The van der Waals surface area contributed by atoms with Crippen molar-refractivity contribution >= 4 is 5.97 Å². The molecule has 0 amide bonds. The van der Waals surface area contributed by atoms with E-state index in [4.69, 9.17) is 10.2 Å². The van der Waals surface area contributed by atoms with E-state index in [-0.39, 0.29) is 5.92 Å². The molecule has 0 aromatic heterocycles. The highest BCUT2D eigenvalue weighted by Crippen LogP contribution is 2.32. The van der Waals surface area contributed by atoms with Crippen LogP contribution in [-0.2, 0) is 4.79 Å². The van der Waals surface area contributed by atoms with Gasteiger partial charge >= 0.3 is 5.97 Å². The average molecular weight is 327 g/mol. The lowest BCUT2D eigenvalue weighted by Crippen LogP contribution is -2.21. The van der Waals surface area contributed by atoms with E-state index >= 15 is 0 Å². The zero-order valence-electron chi connectivity index (χ0n) is 15.3. The molecule has 0 aliphatic heterocycles. The largest absolute Gasteiger partial charge is 0.481 e. The SMILES string of the molecule is CCCC1CCC(C(=O)O)CC1.CCCC1CCC(CO)CC1. The lowest BCUT2D eigenvalue weighted by atomic mass is 9.80. The Hall–Kier alpha value is -0.570. The Balaban J connectivity index is 0.000000231. The summed E-state index contributed by atoms with van der Waals surface area (Å²) in [7, 11) is 0. The Labute approximate surface area is 142 Å². The van der Waals surface area contributed by atoms with E-state index in [9.17, 15) is 4.79 Å². The van der Waals surface area contributed by atoms with Crippen molar-refractivity contribution in [2.45, 2.75) is 90.9 Å². The fraction of sp³-hybridized carbons (Fsp3) is 0.950. The molecule has 3 nitrogen and oxygen atoms in total. The molecule has 3 heteroatoms. The molecule has 0 radical (unpaired) electrons. The molecule has 0 atom stereocenters. The molecule has 2 aliphatic carbocycles.